The minimum absolute atomic E-state index is 0.0639. The number of amides is 1. The monoisotopic (exact) mass is 385 g/mol. The van der Waals surface area contributed by atoms with Crippen LogP contribution in [0.2, 0.25) is 0 Å². The van der Waals surface area contributed by atoms with Gasteiger partial charge in [0.25, 0.3) is 15.9 Å². The van der Waals surface area contributed by atoms with Crippen LogP contribution in [0.3, 0.4) is 0 Å². The highest BCUT2D eigenvalue weighted by Gasteiger charge is 2.27. The zero-order chi connectivity index (χ0) is 18.1. The van der Waals surface area contributed by atoms with Gasteiger partial charge in [0.15, 0.2) is 0 Å². The Morgan fingerprint density at radius 2 is 2.08 bits per heavy atom. The second kappa shape index (κ2) is 6.54. The molecule has 0 saturated heterocycles. The highest BCUT2D eigenvalue weighted by atomic mass is 32.2. The van der Waals surface area contributed by atoms with Crippen LogP contribution in [0.1, 0.15) is 15.2 Å². The van der Waals surface area contributed by atoms with Crippen molar-refractivity contribution in [3.8, 4) is 0 Å². The van der Waals surface area contributed by atoms with E-state index in [0.717, 1.165) is 17.7 Å². The highest BCUT2D eigenvalue weighted by molar-refractivity contribution is 7.92. The molecular formula is C18H15N3O3S2. The lowest BCUT2D eigenvalue weighted by Gasteiger charge is -2.17. The van der Waals surface area contributed by atoms with Crippen LogP contribution in [-0.2, 0) is 16.4 Å². The summed E-state index contributed by atoms with van der Waals surface area (Å²) >= 11 is 1.39. The molecule has 1 aromatic carbocycles. The predicted molar refractivity (Wildman–Crippen MR) is 101 cm³/mol. The second-order valence-electron chi connectivity index (χ2n) is 5.82. The molecule has 1 N–H and O–H groups in total. The topological polar surface area (TPSA) is 79.4 Å². The van der Waals surface area contributed by atoms with Crippen LogP contribution in [0.15, 0.2) is 65.1 Å². The van der Waals surface area contributed by atoms with Crippen molar-refractivity contribution in [1.29, 1.82) is 0 Å². The zero-order valence-electron chi connectivity index (χ0n) is 13.6. The number of nitrogens with one attached hydrogen (secondary N) is 1. The summed E-state index contributed by atoms with van der Waals surface area (Å²) < 4.78 is 27.5. The average Bonchev–Trinajstić information content (AvgIpc) is 3.31. The summed E-state index contributed by atoms with van der Waals surface area (Å²) in [6.45, 7) is 0.588. The van der Waals surface area contributed by atoms with Crippen molar-refractivity contribution in [2.24, 2.45) is 0 Å². The number of carbonyl (C=O) groups excluding carboxylic acids is 1. The van der Waals surface area contributed by atoms with Crippen LogP contribution in [0.25, 0.3) is 0 Å². The summed E-state index contributed by atoms with van der Waals surface area (Å²) in [4.78, 5) is 19.0. The fourth-order valence-corrected chi connectivity index (χ4v) is 4.59. The van der Waals surface area contributed by atoms with Gasteiger partial charge in [0, 0.05) is 24.6 Å². The van der Waals surface area contributed by atoms with Gasteiger partial charge in [-0.3, -0.25) is 14.5 Å². The summed E-state index contributed by atoms with van der Waals surface area (Å²) in [6.07, 6.45) is 3.56. The van der Waals surface area contributed by atoms with Gasteiger partial charge in [-0.2, -0.15) is 0 Å². The number of rotatable bonds is 4. The Bertz CT molecular complexity index is 1050. The van der Waals surface area contributed by atoms with Crippen LogP contribution in [-0.4, -0.2) is 25.9 Å². The third-order valence-corrected chi connectivity index (χ3v) is 6.38. The molecule has 0 aliphatic carbocycles. The Kier molecular flexibility index (Phi) is 4.21. The maximum atomic E-state index is 12.7. The average molecular weight is 385 g/mol. The van der Waals surface area contributed by atoms with E-state index < -0.39 is 10.0 Å². The number of nitrogens with zero attached hydrogens (tertiary/aromatic N) is 2. The molecule has 8 heteroatoms. The summed E-state index contributed by atoms with van der Waals surface area (Å²) in [7, 11) is -3.73. The first-order chi connectivity index (χ1) is 12.5. The third kappa shape index (κ3) is 3.09. The van der Waals surface area contributed by atoms with Gasteiger partial charge in [-0.25, -0.2) is 8.42 Å². The van der Waals surface area contributed by atoms with E-state index >= 15 is 0 Å². The summed E-state index contributed by atoms with van der Waals surface area (Å²) in [5, 5.41) is 1.86. The minimum Gasteiger partial charge on any atom is -0.307 e. The van der Waals surface area contributed by atoms with Gasteiger partial charge in [0.2, 0.25) is 0 Å². The first-order valence-electron chi connectivity index (χ1n) is 7.96. The minimum atomic E-state index is -3.73. The van der Waals surface area contributed by atoms with Crippen molar-refractivity contribution in [3.05, 3.63) is 70.7 Å². The van der Waals surface area contributed by atoms with E-state index in [-0.39, 0.29) is 10.8 Å². The first-order valence-corrected chi connectivity index (χ1v) is 10.3. The van der Waals surface area contributed by atoms with E-state index in [1.54, 1.807) is 29.2 Å². The molecule has 26 heavy (non-hydrogen) atoms. The number of sulfonamides is 1. The number of hydrogen-bond acceptors (Lipinski definition) is 5. The predicted octanol–water partition coefficient (Wildman–Crippen LogP) is 3.15. The summed E-state index contributed by atoms with van der Waals surface area (Å²) in [6, 6.07) is 12.0. The molecule has 0 saturated carbocycles. The molecule has 1 aliphatic heterocycles. The Morgan fingerprint density at radius 1 is 1.19 bits per heavy atom. The lowest BCUT2D eigenvalue weighted by atomic mass is 10.1. The van der Waals surface area contributed by atoms with Crippen molar-refractivity contribution in [3.63, 3.8) is 0 Å². The van der Waals surface area contributed by atoms with Crippen molar-refractivity contribution >= 4 is 38.6 Å². The molecule has 0 fully saturated rings. The third-order valence-electron chi connectivity index (χ3n) is 4.15. The smallest absolute Gasteiger partial charge is 0.268 e. The SMILES string of the molecule is O=C(c1cccs1)N1CCc2ccc(NS(=O)(=O)c3cccnc3)cc21. The zero-order valence-corrected chi connectivity index (χ0v) is 15.3. The number of fused-ring (bicyclic) bond motifs is 1. The molecule has 0 spiro atoms. The quantitative estimate of drug-likeness (QED) is 0.748. The van der Waals surface area contributed by atoms with E-state index in [1.807, 2.05) is 17.5 Å². The van der Waals surface area contributed by atoms with Gasteiger partial charge in [-0.15, -0.1) is 11.3 Å². The molecule has 3 heterocycles. The fraction of sp³-hybridized carbons (Fsp3) is 0.111. The van der Waals surface area contributed by atoms with E-state index in [1.165, 1.54) is 29.8 Å². The molecule has 1 aliphatic rings. The van der Waals surface area contributed by atoms with Gasteiger partial charge in [0.05, 0.1) is 10.6 Å². The van der Waals surface area contributed by atoms with E-state index in [4.69, 9.17) is 0 Å². The Labute approximate surface area is 155 Å². The number of thiophene rings is 1. The number of benzene rings is 1. The molecule has 6 nitrogen and oxygen atoms in total. The molecule has 0 radical (unpaired) electrons. The number of anilines is 2. The van der Waals surface area contributed by atoms with Crippen LogP contribution in [0, 0.1) is 0 Å². The van der Waals surface area contributed by atoms with Crippen molar-refractivity contribution in [1.82, 2.24) is 4.98 Å². The Hall–Kier alpha value is -2.71. The Balaban J connectivity index is 1.63. The molecule has 0 bridgehead atoms. The first kappa shape index (κ1) is 16.7. The number of aromatic nitrogens is 1. The van der Waals surface area contributed by atoms with Gasteiger partial charge in [0.1, 0.15) is 4.90 Å². The molecule has 0 atom stereocenters. The lowest BCUT2D eigenvalue weighted by Crippen LogP contribution is -2.28. The van der Waals surface area contributed by atoms with E-state index in [2.05, 4.69) is 9.71 Å². The van der Waals surface area contributed by atoms with Crippen molar-refractivity contribution < 1.29 is 13.2 Å². The van der Waals surface area contributed by atoms with Gasteiger partial charge >= 0.3 is 0 Å². The summed E-state index contributed by atoms with van der Waals surface area (Å²) in [5.41, 5.74) is 2.19. The molecular weight excluding hydrogens is 370 g/mol. The van der Waals surface area contributed by atoms with Gasteiger partial charge in [-0.1, -0.05) is 12.1 Å². The molecule has 3 aromatic rings. The molecule has 1 amide bonds. The fourth-order valence-electron chi connectivity index (χ4n) is 2.91. The standard InChI is InChI=1S/C18H15N3O3S2/c22-18(17-4-2-10-25-17)21-9-7-13-5-6-14(11-16(13)21)20-26(23,24)15-3-1-8-19-12-15/h1-6,8,10-12,20H,7,9H2. The Morgan fingerprint density at radius 3 is 2.81 bits per heavy atom. The van der Waals surface area contributed by atoms with Crippen LogP contribution < -0.4 is 9.62 Å². The van der Waals surface area contributed by atoms with Crippen molar-refractivity contribution in [2.75, 3.05) is 16.2 Å². The highest BCUT2D eigenvalue weighted by Crippen LogP contribution is 2.33. The molecule has 2 aromatic heterocycles. The van der Waals surface area contributed by atoms with E-state index in [0.29, 0.717) is 17.1 Å². The van der Waals surface area contributed by atoms with E-state index in [9.17, 15) is 13.2 Å². The van der Waals surface area contributed by atoms with Crippen molar-refractivity contribution in [2.45, 2.75) is 11.3 Å². The normalized spacial score (nSPS) is 13.5. The number of pyridine rings is 1. The van der Waals surface area contributed by atoms with Gasteiger partial charge < -0.3 is 4.90 Å². The van der Waals surface area contributed by atoms with Crippen LogP contribution in [0.5, 0.6) is 0 Å². The number of hydrogen-bond donors (Lipinski definition) is 1. The number of carbonyl (C=O) groups is 1. The molecule has 132 valence electrons. The maximum absolute atomic E-state index is 12.7. The van der Waals surface area contributed by atoms with Crippen LogP contribution >= 0.6 is 11.3 Å². The summed E-state index contributed by atoms with van der Waals surface area (Å²) in [5.74, 6) is -0.0639. The second-order valence-corrected chi connectivity index (χ2v) is 8.45. The molecule has 4 rings (SSSR count). The largest absolute Gasteiger partial charge is 0.307 e. The van der Waals surface area contributed by atoms with Gasteiger partial charge in [-0.05, 0) is 47.7 Å². The molecule has 0 unspecified atom stereocenters. The van der Waals surface area contributed by atoms with Crippen LogP contribution in [0.4, 0.5) is 11.4 Å². The maximum Gasteiger partial charge on any atom is 0.268 e. The lowest BCUT2D eigenvalue weighted by molar-refractivity contribution is 0.0993.